The van der Waals surface area contributed by atoms with Crippen LogP contribution in [0.1, 0.15) is 83.1 Å². The molecule has 5 heteroatoms. The van der Waals surface area contributed by atoms with Crippen molar-refractivity contribution in [3.8, 4) is 5.75 Å². The zero-order valence-corrected chi connectivity index (χ0v) is 17.3. The highest BCUT2D eigenvalue weighted by Crippen LogP contribution is 2.42. The first-order chi connectivity index (χ1) is 13.9. The Labute approximate surface area is 172 Å². The van der Waals surface area contributed by atoms with E-state index in [2.05, 4.69) is 6.92 Å². The molecule has 3 rings (SSSR count). The van der Waals surface area contributed by atoms with Gasteiger partial charge in [0.15, 0.2) is 0 Å². The highest BCUT2D eigenvalue weighted by molar-refractivity contribution is 5.75. The van der Waals surface area contributed by atoms with Gasteiger partial charge in [0.1, 0.15) is 5.75 Å². The molecule has 2 nitrogen and oxygen atoms in total. The van der Waals surface area contributed by atoms with E-state index in [0.717, 1.165) is 55.6 Å². The van der Waals surface area contributed by atoms with Crippen LogP contribution in [-0.4, -0.2) is 5.97 Å². The average molecular weight is 411 g/mol. The highest BCUT2D eigenvalue weighted by atomic mass is 19.4. The zero-order valence-electron chi connectivity index (χ0n) is 17.3. The molecule has 0 amide bonds. The average Bonchev–Trinajstić information content (AvgIpc) is 2.72. The van der Waals surface area contributed by atoms with Gasteiger partial charge in [-0.3, -0.25) is 4.79 Å². The lowest BCUT2D eigenvalue weighted by molar-refractivity contribution is -0.140. The van der Waals surface area contributed by atoms with Crippen molar-refractivity contribution in [2.45, 2.75) is 83.7 Å². The zero-order chi connectivity index (χ0) is 20.9. The summed E-state index contributed by atoms with van der Waals surface area (Å²) in [5.41, 5.74) is -0.734. The van der Waals surface area contributed by atoms with E-state index in [4.69, 9.17) is 4.74 Å². The van der Waals surface area contributed by atoms with E-state index in [1.54, 1.807) is 0 Å². The van der Waals surface area contributed by atoms with E-state index >= 15 is 0 Å². The number of carbonyl (C=O) groups is 1. The molecule has 1 aromatic rings. The van der Waals surface area contributed by atoms with Gasteiger partial charge < -0.3 is 4.74 Å². The predicted molar refractivity (Wildman–Crippen MR) is 108 cm³/mol. The molecule has 1 aromatic carbocycles. The summed E-state index contributed by atoms with van der Waals surface area (Å²) in [6.45, 7) is 2.26. The van der Waals surface area contributed by atoms with Crippen LogP contribution < -0.4 is 4.74 Å². The first kappa shape index (κ1) is 22.2. The minimum Gasteiger partial charge on any atom is -0.426 e. The number of esters is 1. The highest BCUT2D eigenvalue weighted by Gasteiger charge is 2.34. The number of ether oxygens (including phenoxy) is 1. The summed E-state index contributed by atoms with van der Waals surface area (Å²) in [5.74, 6) is 2.20. The van der Waals surface area contributed by atoms with E-state index in [1.165, 1.54) is 57.1 Å². The number of hydrogen-bond acceptors (Lipinski definition) is 2. The predicted octanol–water partition coefficient (Wildman–Crippen LogP) is 7.41. The molecule has 0 heterocycles. The molecule has 0 unspecified atom stereocenters. The molecule has 2 fully saturated rings. The largest absolute Gasteiger partial charge is 0.426 e. The quantitative estimate of drug-likeness (QED) is 0.360. The minimum atomic E-state index is -4.38. The summed E-state index contributed by atoms with van der Waals surface area (Å²) in [5, 5.41) is 0. The summed E-state index contributed by atoms with van der Waals surface area (Å²) in [6.07, 6.45) is 8.82. The number of benzene rings is 1. The molecule has 2 aliphatic rings. The lowest BCUT2D eigenvalue weighted by Crippen LogP contribution is -2.30. The van der Waals surface area contributed by atoms with E-state index < -0.39 is 11.7 Å². The van der Waals surface area contributed by atoms with Gasteiger partial charge in [-0.1, -0.05) is 39.0 Å². The summed E-state index contributed by atoms with van der Waals surface area (Å²) < 4.78 is 43.2. The van der Waals surface area contributed by atoms with Crippen molar-refractivity contribution in [3.05, 3.63) is 29.8 Å². The topological polar surface area (TPSA) is 26.3 Å². The summed E-state index contributed by atoms with van der Waals surface area (Å²) in [4.78, 5) is 12.4. The fourth-order valence-corrected chi connectivity index (χ4v) is 5.18. The molecule has 0 atom stereocenters. The molecule has 2 saturated carbocycles. The number of alkyl halides is 3. The van der Waals surface area contributed by atoms with Crippen LogP contribution in [0.2, 0.25) is 0 Å². The summed E-state index contributed by atoms with van der Waals surface area (Å²) in [7, 11) is 0. The van der Waals surface area contributed by atoms with Gasteiger partial charge in [0, 0.05) is 0 Å². The van der Waals surface area contributed by atoms with Crippen LogP contribution in [0.3, 0.4) is 0 Å². The maximum absolute atomic E-state index is 12.6. The van der Waals surface area contributed by atoms with Crippen molar-refractivity contribution in [1.82, 2.24) is 0 Å². The monoisotopic (exact) mass is 410 g/mol. The van der Waals surface area contributed by atoms with Crippen molar-refractivity contribution >= 4 is 5.97 Å². The van der Waals surface area contributed by atoms with E-state index in [-0.39, 0.29) is 17.6 Å². The number of hydrogen-bond donors (Lipinski definition) is 0. The molecule has 0 radical (unpaired) electrons. The second-order valence-corrected chi connectivity index (χ2v) is 8.98. The van der Waals surface area contributed by atoms with Crippen LogP contribution in [-0.2, 0) is 11.0 Å². The number of halogens is 3. The standard InChI is InChI=1S/C24H33F3O2/c1-2-3-4-17-5-7-18(8-6-17)19-9-11-20(12-10-19)23(28)29-22-15-13-21(14-16-22)24(25,26)27/h13-20H,2-12H2,1H3. The molecule has 0 N–H and O–H groups in total. The minimum absolute atomic E-state index is 0.130. The third-order valence-corrected chi connectivity index (χ3v) is 7.03. The molecular weight excluding hydrogens is 377 g/mol. The van der Waals surface area contributed by atoms with Crippen molar-refractivity contribution in [2.75, 3.05) is 0 Å². The van der Waals surface area contributed by atoms with Crippen LogP contribution in [0, 0.1) is 23.7 Å². The van der Waals surface area contributed by atoms with Crippen molar-refractivity contribution in [1.29, 1.82) is 0 Å². The molecule has 2 aliphatic carbocycles. The Hall–Kier alpha value is -1.52. The summed E-state index contributed by atoms with van der Waals surface area (Å²) >= 11 is 0. The molecule has 0 aliphatic heterocycles. The first-order valence-corrected chi connectivity index (χ1v) is 11.3. The van der Waals surface area contributed by atoms with Crippen LogP contribution in [0.15, 0.2) is 24.3 Å². The number of unbranched alkanes of at least 4 members (excludes halogenated alkanes) is 1. The Morgan fingerprint density at radius 2 is 1.48 bits per heavy atom. The molecule has 0 saturated heterocycles. The van der Waals surface area contributed by atoms with Crippen LogP contribution in [0.25, 0.3) is 0 Å². The van der Waals surface area contributed by atoms with E-state index in [0.29, 0.717) is 0 Å². The van der Waals surface area contributed by atoms with Gasteiger partial charge in [-0.05, 0) is 80.5 Å². The maximum atomic E-state index is 12.6. The number of rotatable bonds is 6. The summed E-state index contributed by atoms with van der Waals surface area (Å²) in [6, 6.07) is 4.36. The molecular formula is C24H33F3O2. The molecule has 162 valence electrons. The fraction of sp³-hybridized carbons (Fsp3) is 0.708. The maximum Gasteiger partial charge on any atom is 0.416 e. The van der Waals surface area contributed by atoms with E-state index in [9.17, 15) is 18.0 Å². The van der Waals surface area contributed by atoms with Gasteiger partial charge in [-0.2, -0.15) is 13.2 Å². The molecule has 0 spiro atoms. The Morgan fingerprint density at radius 1 is 0.931 bits per heavy atom. The van der Waals surface area contributed by atoms with Crippen LogP contribution in [0.4, 0.5) is 13.2 Å². The fourth-order valence-electron chi connectivity index (χ4n) is 5.18. The van der Waals surface area contributed by atoms with Gasteiger partial charge >= 0.3 is 12.1 Å². The van der Waals surface area contributed by atoms with Gasteiger partial charge in [0.2, 0.25) is 0 Å². The normalized spacial score (nSPS) is 28.1. The van der Waals surface area contributed by atoms with E-state index in [1.807, 2.05) is 0 Å². The first-order valence-electron chi connectivity index (χ1n) is 11.3. The lowest BCUT2D eigenvalue weighted by atomic mass is 9.68. The van der Waals surface area contributed by atoms with Gasteiger partial charge in [-0.15, -0.1) is 0 Å². The Balaban J connectivity index is 1.42. The van der Waals surface area contributed by atoms with Crippen molar-refractivity contribution in [2.24, 2.45) is 23.7 Å². The molecule has 0 bridgehead atoms. The van der Waals surface area contributed by atoms with Crippen molar-refractivity contribution in [3.63, 3.8) is 0 Å². The Kier molecular flexibility index (Phi) is 7.64. The second kappa shape index (κ2) is 9.99. The van der Waals surface area contributed by atoms with Crippen molar-refractivity contribution < 1.29 is 22.7 Å². The second-order valence-electron chi connectivity index (χ2n) is 8.98. The molecule has 0 aromatic heterocycles. The molecule has 29 heavy (non-hydrogen) atoms. The van der Waals surface area contributed by atoms with Gasteiger partial charge in [-0.25, -0.2) is 0 Å². The van der Waals surface area contributed by atoms with Gasteiger partial charge in [0.25, 0.3) is 0 Å². The third-order valence-electron chi connectivity index (χ3n) is 7.03. The SMILES string of the molecule is CCCCC1CCC(C2CCC(C(=O)Oc3ccc(C(F)(F)F)cc3)CC2)CC1. The lowest BCUT2D eigenvalue weighted by Gasteiger charge is -2.37. The van der Waals surface area contributed by atoms with Gasteiger partial charge in [0.05, 0.1) is 11.5 Å². The van der Waals surface area contributed by atoms with Crippen LogP contribution >= 0.6 is 0 Å². The number of carbonyl (C=O) groups excluding carboxylic acids is 1. The Morgan fingerprint density at radius 3 is 2.00 bits per heavy atom. The smallest absolute Gasteiger partial charge is 0.416 e. The Bertz CT molecular complexity index is 637. The van der Waals surface area contributed by atoms with Crippen LogP contribution in [0.5, 0.6) is 5.75 Å². The third kappa shape index (κ3) is 6.23.